The first kappa shape index (κ1) is 23.2. The van der Waals surface area contributed by atoms with Crippen molar-refractivity contribution in [2.75, 3.05) is 24.5 Å². The van der Waals surface area contributed by atoms with Crippen molar-refractivity contribution in [1.82, 2.24) is 4.90 Å². The molecule has 0 bridgehead atoms. The Labute approximate surface area is 189 Å². The van der Waals surface area contributed by atoms with E-state index in [-0.39, 0.29) is 34.0 Å². The first-order chi connectivity index (χ1) is 14.8. The zero-order valence-corrected chi connectivity index (χ0v) is 19.3. The largest absolute Gasteiger partial charge is 0.495 e. The van der Waals surface area contributed by atoms with E-state index in [1.165, 1.54) is 35.7 Å². The van der Waals surface area contributed by atoms with Crippen molar-refractivity contribution in [1.29, 1.82) is 0 Å². The van der Waals surface area contributed by atoms with Crippen LogP contribution in [0.1, 0.15) is 36.5 Å². The van der Waals surface area contributed by atoms with Crippen LogP contribution in [0.3, 0.4) is 0 Å². The van der Waals surface area contributed by atoms with Crippen LogP contribution >= 0.6 is 11.6 Å². The lowest BCUT2D eigenvalue weighted by Crippen LogP contribution is -2.42. The number of halogens is 1. The molecule has 1 aliphatic rings. The number of rotatable bonds is 7. The van der Waals surface area contributed by atoms with Crippen molar-refractivity contribution in [2.45, 2.75) is 37.1 Å². The van der Waals surface area contributed by atoms with Gasteiger partial charge in [0.1, 0.15) is 5.75 Å². The van der Waals surface area contributed by atoms with Gasteiger partial charge in [-0.05, 0) is 56.5 Å². The Kier molecular flexibility index (Phi) is 7.28. The smallest absolute Gasteiger partial charge is 0.264 e. The second kappa shape index (κ2) is 9.75. The van der Waals surface area contributed by atoms with Crippen LogP contribution < -0.4 is 9.04 Å². The highest BCUT2D eigenvalue weighted by atomic mass is 35.5. The number of benzene rings is 2. The number of ether oxygens (including phenoxy) is 1. The molecular formula is C23H27ClN2O4S. The SMILES string of the molecule is C=CCN(c1ccccc1OC)S(=O)(=O)c1ccc(Cl)c(C(=O)N2CCCCC2C)c1. The summed E-state index contributed by atoms with van der Waals surface area (Å²) in [6.07, 6.45) is 4.42. The van der Waals surface area contributed by atoms with Gasteiger partial charge in [0, 0.05) is 12.6 Å². The highest BCUT2D eigenvalue weighted by Crippen LogP contribution is 2.33. The highest BCUT2D eigenvalue weighted by molar-refractivity contribution is 7.92. The van der Waals surface area contributed by atoms with E-state index in [4.69, 9.17) is 16.3 Å². The molecule has 1 heterocycles. The fourth-order valence-electron chi connectivity index (χ4n) is 3.79. The summed E-state index contributed by atoms with van der Waals surface area (Å²) in [5.74, 6) is 0.169. The molecule has 6 nitrogen and oxygen atoms in total. The summed E-state index contributed by atoms with van der Waals surface area (Å²) in [5.41, 5.74) is 0.576. The van der Waals surface area contributed by atoms with Crippen LogP contribution in [-0.2, 0) is 10.0 Å². The van der Waals surface area contributed by atoms with Gasteiger partial charge in [-0.3, -0.25) is 9.10 Å². The average Bonchev–Trinajstić information content (AvgIpc) is 2.77. The number of anilines is 1. The quantitative estimate of drug-likeness (QED) is 0.557. The Morgan fingerprint density at radius 3 is 2.71 bits per heavy atom. The van der Waals surface area contributed by atoms with Crippen LogP contribution in [0.15, 0.2) is 60.0 Å². The number of hydrogen-bond acceptors (Lipinski definition) is 4. The number of carbonyl (C=O) groups is 1. The van der Waals surface area contributed by atoms with Gasteiger partial charge in [0.2, 0.25) is 0 Å². The molecule has 1 aliphatic heterocycles. The summed E-state index contributed by atoms with van der Waals surface area (Å²) in [6.45, 7) is 6.36. The topological polar surface area (TPSA) is 66.9 Å². The van der Waals surface area contributed by atoms with Crippen molar-refractivity contribution in [3.63, 3.8) is 0 Å². The third kappa shape index (κ3) is 4.72. The van der Waals surface area contributed by atoms with Gasteiger partial charge in [0.25, 0.3) is 15.9 Å². The number of amides is 1. The molecule has 0 spiro atoms. The standard InChI is InChI=1S/C23H27ClN2O4S/c1-4-14-26(21-10-5-6-11-22(21)30-3)31(28,29)18-12-13-20(24)19(16-18)23(27)25-15-8-7-9-17(25)2/h4-6,10-13,16-17H,1,7-9,14-15H2,2-3H3. The molecule has 0 radical (unpaired) electrons. The predicted molar refractivity (Wildman–Crippen MR) is 124 cm³/mol. The molecule has 1 unspecified atom stereocenters. The number of sulfonamides is 1. The summed E-state index contributed by atoms with van der Waals surface area (Å²) < 4.78 is 33.7. The Bertz CT molecular complexity index is 1070. The number of carbonyl (C=O) groups excluding carboxylic acids is 1. The maximum absolute atomic E-state index is 13.6. The first-order valence-electron chi connectivity index (χ1n) is 10.2. The van der Waals surface area contributed by atoms with Crippen molar-refractivity contribution in [3.05, 3.63) is 65.7 Å². The minimum Gasteiger partial charge on any atom is -0.495 e. The predicted octanol–water partition coefficient (Wildman–Crippen LogP) is 4.74. The molecule has 0 N–H and O–H groups in total. The first-order valence-corrected chi connectivity index (χ1v) is 12.0. The summed E-state index contributed by atoms with van der Waals surface area (Å²) in [5, 5.41) is 0.231. The molecule has 8 heteroatoms. The summed E-state index contributed by atoms with van der Waals surface area (Å²) >= 11 is 6.32. The zero-order chi connectivity index (χ0) is 22.6. The van der Waals surface area contributed by atoms with Crippen molar-refractivity contribution in [2.24, 2.45) is 0 Å². The van der Waals surface area contributed by atoms with Gasteiger partial charge in [-0.25, -0.2) is 8.42 Å². The van der Waals surface area contributed by atoms with Crippen LogP contribution in [0.4, 0.5) is 5.69 Å². The lowest BCUT2D eigenvalue weighted by molar-refractivity contribution is 0.0635. The van der Waals surface area contributed by atoms with E-state index in [0.29, 0.717) is 18.0 Å². The van der Waals surface area contributed by atoms with Gasteiger partial charge >= 0.3 is 0 Å². The normalized spacial score (nSPS) is 16.6. The minimum absolute atomic E-state index is 0.0160. The maximum Gasteiger partial charge on any atom is 0.264 e. The third-order valence-electron chi connectivity index (χ3n) is 5.47. The molecule has 3 rings (SSSR count). The fraction of sp³-hybridized carbons (Fsp3) is 0.348. The van der Waals surface area contributed by atoms with Gasteiger partial charge in [-0.15, -0.1) is 6.58 Å². The second-order valence-electron chi connectivity index (χ2n) is 7.48. The summed E-state index contributed by atoms with van der Waals surface area (Å²) in [6, 6.07) is 11.2. The van der Waals surface area contributed by atoms with Crippen molar-refractivity contribution < 1.29 is 17.9 Å². The number of nitrogens with zero attached hydrogens (tertiary/aromatic N) is 2. The van der Waals surface area contributed by atoms with Crippen LogP contribution in [-0.4, -0.2) is 45.5 Å². The molecule has 2 aromatic carbocycles. The van der Waals surface area contributed by atoms with E-state index in [0.717, 1.165) is 19.3 Å². The number of methoxy groups -OCH3 is 1. The Morgan fingerprint density at radius 1 is 1.29 bits per heavy atom. The lowest BCUT2D eigenvalue weighted by Gasteiger charge is -2.33. The molecule has 1 saturated heterocycles. The minimum atomic E-state index is -4.01. The second-order valence-corrected chi connectivity index (χ2v) is 9.75. The van der Waals surface area contributed by atoms with Gasteiger partial charge in [0.05, 0.1) is 34.8 Å². The van der Waals surface area contributed by atoms with E-state index >= 15 is 0 Å². The molecule has 166 valence electrons. The van der Waals surface area contributed by atoms with Crippen LogP contribution in [0.25, 0.3) is 0 Å². The Morgan fingerprint density at radius 2 is 2.03 bits per heavy atom. The molecule has 1 fully saturated rings. The van der Waals surface area contributed by atoms with Crippen LogP contribution in [0.2, 0.25) is 5.02 Å². The maximum atomic E-state index is 13.6. The lowest BCUT2D eigenvalue weighted by atomic mass is 10.0. The van der Waals surface area contributed by atoms with E-state index < -0.39 is 10.0 Å². The van der Waals surface area contributed by atoms with Crippen molar-refractivity contribution >= 4 is 33.2 Å². The Hall–Kier alpha value is -2.51. The number of hydrogen-bond donors (Lipinski definition) is 0. The van der Waals surface area contributed by atoms with Gasteiger partial charge in [-0.1, -0.05) is 29.8 Å². The highest BCUT2D eigenvalue weighted by Gasteiger charge is 2.30. The third-order valence-corrected chi connectivity index (χ3v) is 7.57. The molecule has 0 aromatic heterocycles. The van der Waals surface area contributed by atoms with E-state index in [2.05, 4.69) is 6.58 Å². The monoisotopic (exact) mass is 462 g/mol. The average molecular weight is 463 g/mol. The Balaban J connectivity index is 2.05. The van der Waals surface area contributed by atoms with Gasteiger partial charge < -0.3 is 9.64 Å². The molecule has 1 amide bonds. The van der Waals surface area contributed by atoms with E-state index in [9.17, 15) is 13.2 Å². The van der Waals surface area contributed by atoms with E-state index in [1.807, 2.05) is 6.92 Å². The number of para-hydroxylation sites is 2. The fourth-order valence-corrected chi connectivity index (χ4v) is 5.46. The van der Waals surface area contributed by atoms with Crippen LogP contribution in [0, 0.1) is 0 Å². The zero-order valence-electron chi connectivity index (χ0n) is 17.8. The number of likely N-dealkylation sites (tertiary alicyclic amines) is 1. The van der Waals surface area contributed by atoms with Gasteiger partial charge in [0.15, 0.2) is 0 Å². The molecular weight excluding hydrogens is 436 g/mol. The van der Waals surface area contributed by atoms with Crippen molar-refractivity contribution in [3.8, 4) is 5.75 Å². The molecule has 0 aliphatic carbocycles. The summed E-state index contributed by atoms with van der Waals surface area (Å²) in [7, 11) is -2.53. The molecule has 0 saturated carbocycles. The van der Waals surface area contributed by atoms with E-state index in [1.54, 1.807) is 29.2 Å². The molecule has 1 atom stereocenters. The molecule has 31 heavy (non-hydrogen) atoms. The van der Waals surface area contributed by atoms with Crippen LogP contribution in [0.5, 0.6) is 5.75 Å². The molecule has 2 aromatic rings. The summed E-state index contributed by atoms with van der Waals surface area (Å²) in [4.78, 5) is 14.9. The van der Waals surface area contributed by atoms with Gasteiger partial charge in [-0.2, -0.15) is 0 Å². The number of piperidine rings is 1.